The molecular formula is C10H21O2Si. The van der Waals surface area contributed by atoms with Crippen LogP contribution in [0.25, 0.3) is 0 Å². The van der Waals surface area contributed by atoms with Crippen LogP contribution in [0.5, 0.6) is 0 Å². The highest BCUT2D eigenvalue weighted by Crippen LogP contribution is 2.37. The van der Waals surface area contributed by atoms with Crippen molar-refractivity contribution in [1.29, 1.82) is 0 Å². The van der Waals surface area contributed by atoms with Crippen LogP contribution >= 0.6 is 0 Å². The highest BCUT2D eigenvalue weighted by Gasteiger charge is 2.41. The zero-order valence-corrected chi connectivity index (χ0v) is 10.0. The van der Waals surface area contributed by atoms with E-state index in [-0.39, 0.29) is 0 Å². The summed E-state index contributed by atoms with van der Waals surface area (Å²) >= 11 is 0. The summed E-state index contributed by atoms with van der Waals surface area (Å²) in [6, 6.07) is 3.50. The first-order chi connectivity index (χ1) is 6.26. The van der Waals surface area contributed by atoms with Gasteiger partial charge in [0.1, 0.15) is 0 Å². The van der Waals surface area contributed by atoms with E-state index in [2.05, 4.69) is 13.0 Å². The summed E-state index contributed by atoms with van der Waals surface area (Å²) < 4.78 is 11.2. The SMILES string of the molecule is CCCC[Si]([CH]C1CC1)(OC)OC. The van der Waals surface area contributed by atoms with Crippen LogP contribution in [-0.2, 0) is 8.85 Å². The van der Waals surface area contributed by atoms with E-state index < -0.39 is 8.56 Å². The lowest BCUT2D eigenvalue weighted by atomic mass is 10.4. The average Bonchev–Trinajstić information content (AvgIpc) is 2.96. The number of hydrogen-bond acceptors (Lipinski definition) is 2. The predicted octanol–water partition coefficient (Wildman–Crippen LogP) is 2.67. The van der Waals surface area contributed by atoms with Gasteiger partial charge in [-0.3, -0.25) is 0 Å². The Bertz CT molecular complexity index is 142. The van der Waals surface area contributed by atoms with Crippen molar-refractivity contribution in [1.82, 2.24) is 0 Å². The molecule has 13 heavy (non-hydrogen) atoms. The molecule has 0 amide bonds. The minimum absolute atomic E-state index is 0.795. The molecule has 0 aromatic heterocycles. The van der Waals surface area contributed by atoms with E-state index in [4.69, 9.17) is 8.85 Å². The molecule has 0 atom stereocenters. The van der Waals surface area contributed by atoms with Crippen molar-refractivity contribution in [2.45, 2.75) is 38.7 Å². The van der Waals surface area contributed by atoms with Gasteiger partial charge in [0.25, 0.3) is 0 Å². The van der Waals surface area contributed by atoms with Crippen LogP contribution in [0.15, 0.2) is 0 Å². The van der Waals surface area contributed by atoms with Gasteiger partial charge in [0.05, 0.1) is 0 Å². The molecule has 3 heteroatoms. The smallest absolute Gasteiger partial charge is 0.341 e. The van der Waals surface area contributed by atoms with Crippen molar-refractivity contribution in [3.05, 3.63) is 6.04 Å². The van der Waals surface area contributed by atoms with Crippen LogP contribution in [0.2, 0.25) is 6.04 Å². The third-order valence-electron chi connectivity index (χ3n) is 2.68. The van der Waals surface area contributed by atoms with E-state index in [9.17, 15) is 0 Å². The summed E-state index contributed by atoms with van der Waals surface area (Å²) in [6.45, 7) is 2.21. The molecule has 0 aliphatic heterocycles. The quantitative estimate of drug-likeness (QED) is 0.590. The maximum absolute atomic E-state index is 5.60. The van der Waals surface area contributed by atoms with Crippen LogP contribution in [-0.4, -0.2) is 22.8 Å². The second-order valence-corrected chi connectivity index (χ2v) is 7.10. The minimum atomic E-state index is -1.89. The molecule has 0 heterocycles. The Kier molecular flexibility index (Phi) is 4.42. The highest BCUT2D eigenvalue weighted by molar-refractivity contribution is 6.71. The lowest BCUT2D eigenvalue weighted by Gasteiger charge is -2.26. The summed E-state index contributed by atoms with van der Waals surface area (Å²) in [5, 5.41) is 0. The molecule has 1 radical (unpaired) electrons. The Morgan fingerprint density at radius 3 is 2.31 bits per heavy atom. The van der Waals surface area contributed by atoms with E-state index in [0.717, 1.165) is 12.0 Å². The Labute approximate surface area is 82.9 Å². The molecule has 0 aromatic rings. The fraction of sp³-hybridized carbons (Fsp3) is 0.900. The second kappa shape index (κ2) is 5.13. The third kappa shape index (κ3) is 3.41. The largest absolute Gasteiger partial charge is 0.397 e. The fourth-order valence-electron chi connectivity index (χ4n) is 1.55. The summed E-state index contributed by atoms with van der Waals surface area (Å²) in [4.78, 5) is 0. The van der Waals surface area contributed by atoms with Crippen molar-refractivity contribution in [2.24, 2.45) is 5.92 Å². The lowest BCUT2D eigenvalue weighted by Crippen LogP contribution is -2.41. The molecule has 0 aromatic carbocycles. The molecule has 0 N–H and O–H groups in total. The van der Waals surface area contributed by atoms with Gasteiger partial charge in [0.2, 0.25) is 0 Å². The normalized spacial score (nSPS) is 17.8. The molecule has 1 rings (SSSR count). The fourth-order valence-corrected chi connectivity index (χ4v) is 4.46. The summed E-state index contributed by atoms with van der Waals surface area (Å²) in [5.74, 6) is 0.795. The van der Waals surface area contributed by atoms with Crippen LogP contribution in [0.3, 0.4) is 0 Å². The van der Waals surface area contributed by atoms with Crippen molar-refractivity contribution < 1.29 is 8.85 Å². The lowest BCUT2D eigenvalue weighted by molar-refractivity contribution is 0.247. The maximum atomic E-state index is 5.60. The zero-order valence-electron chi connectivity index (χ0n) is 9.01. The maximum Gasteiger partial charge on any atom is 0.341 e. The topological polar surface area (TPSA) is 18.5 Å². The van der Waals surface area contributed by atoms with E-state index >= 15 is 0 Å². The molecule has 1 fully saturated rings. The number of hydrogen-bond donors (Lipinski definition) is 0. The summed E-state index contributed by atoms with van der Waals surface area (Å²) in [7, 11) is 1.70. The molecule has 2 nitrogen and oxygen atoms in total. The molecule has 1 aliphatic carbocycles. The number of unbranched alkanes of at least 4 members (excludes halogenated alkanes) is 1. The second-order valence-electron chi connectivity index (χ2n) is 3.83. The summed E-state index contributed by atoms with van der Waals surface area (Å²) in [5.41, 5.74) is 0. The van der Waals surface area contributed by atoms with Crippen molar-refractivity contribution in [2.75, 3.05) is 14.2 Å². The first kappa shape index (κ1) is 11.2. The van der Waals surface area contributed by atoms with Crippen LogP contribution < -0.4 is 0 Å². The summed E-state index contributed by atoms with van der Waals surface area (Å²) in [6.07, 6.45) is 5.12. The van der Waals surface area contributed by atoms with Crippen molar-refractivity contribution in [3.8, 4) is 0 Å². The van der Waals surface area contributed by atoms with E-state index in [1.165, 1.54) is 25.7 Å². The van der Waals surface area contributed by atoms with E-state index in [1.54, 1.807) is 14.2 Å². The molecule has 0 bridgehead atoms. The van der Waals surface area contributed by atoms with Crippen molar-refractivity contribution in [3.63, 3.8) is 0 Å². The van der Waals surface area contributed by atoms with E-state index in [1.807, 2.05) is 0 Å². The Morgan fingerprint density at radius 1 is 1.31 bits per heavy atom. The third-order valence-corrected chi connectivity index (χ3v) is 6.09. The molecule has 0 saturated heterocycles. The first-order valence-electron chi connectivity index (χ1n) is 5.22. The van der Waals surface area contributed by atoms with E-state index in [0.29, 0.717) is 0 Å². The van der Waals surface area contributed by atoms with Gasteiger partial charge in [-0.25, -0.2) is 0 Å². The van der Waals surface area contributed by atoms with Crippen LogP contribution in [0.4, 0.5) is 0 Å². The molecule has 0 unspecified atom stereocenters. The zero-order chi connectivity index (χ0) is 9.73. The molecular weight excluding hydrogens is 180 g/mol. The van der Waals surface area contributed by atoms with Gasteiger partial charge in [0.15, 0.2) is 0 Å². The molecule has 1 saturated carbocycles. The Morgan fingerprint density at radius 2 is 1.92 bits per heavy atom. The van der Waals surface area contributed by atoms with Gasteiger partial charge < -0.3 is 8.85 Å². The molecule has 0 spiro atoms. The Hall–Kier alpha value is 0.137. The van der Waals surface area contributed by atoms with Gasteiger partial charge in [0, 0.05) is 20.3 Å². The van der Waals surface area contributed by atoms with Gasteiger partial charge in [-0.1, -0.05) is 32.6 Å². The Balaban J connectivity index is 2.38. The number of rotatable bonds is 7. The first-order valence-corrected chi connectivity index (χ1v) is 7.32. The van der Waals surface area contributed by atoms with Gasteiger partial charge in [-0.15, -0.1) is 0 Å². The van der Waals surface area contributed by atoms with Gasteiger partial charge in [-0.2, -0.15) is 0 Å². The predicted molar refractivity (Wildman–Crippen MR) is 56.5 cm³/mol. The van der Waals surface area contributed by atoms with Crippen LogP contribution in [0, 0.1) is 12.0 Å². The average molecular weight is 201 g/mol. The standard InChI is InChI=1S/C10H21O2Si/c1-4-5-8-13(11-2,12-3)9-10-6-7-10/h9-10H,4-8H2,1-3H3. The van der Waals surface area contributed by atoms with Gasteiger partial charge in [-0.05, 0) is 12.0 Å². The molecule has 1 aliphatic rings. The highest BCUT2D eigenvalue weighted by atomic mass is 28.4. The molecule has 77 valence electrons. The van der Waals surface area contributed by atoms with Gasteiger partial charge >= 0.3 is 8.56 Å². The monoisotopic (exact) mass is 201 g/mol. The van der Waals surface area contributed by atoms with Crippen molar-refractivity contribution >= 4 is 8.56 Å². The van der Waals surface area contributed by atoms with Crippen LogP contribution in [0.1, 0.15) is 32.6 Å². The minimum Gasteiger partial charge on any atom is -0.397 e.